The first-order valence-corrected chi connectivity index (χ1v) is 9.32. The fraction of sp³-hybridized carbons (Fsp3) is 0.0769. The van der Waals surface area contributed by atoms with Gasteiger partial charge in [-0.1, -0.05) is 72.8 Å². The summed E-state index contributed by atoms with van der Waals surface area (Å²) in [6, 6.07) is 27.0. The van der Waals surface area contributed by atoms with E-state index in [1.54, 1.807) is 0 Å². The Morgan fingerprint density at radius 1 is 0.500 bits per heavy atom. The smallest absolute Gasteiger partial charge is 0.00130 e. The zero-order chi connectivity index (χ0) is 17.1. The van der Waals surface area contributed by atoms with Crippen molar-refractivity contribution >= 4 is 32.7 Å². The Morgan fingerprint density at radius 3 is 1.38 bits per heavy atom. The van der Waals surface area contributed by atoms with Crippen LogP contribution in [0.4, 0.5) is 0 Å². The largest absolute Gasteiger partial charge is 0.0722 e. The molecule has 0 nitrogen and oxygen atoms in total. The molecule has 2 aliphatic rings. The van der Waals surface area contributed by atoms with Crippen LogP contribution in [0.3, 0.4) is 0 Å². The summed E-state index contributed by atoms with van der Waals surface area (Å²) in [4.78, 5) is 0. The Morgan fingerprint density at radius 2 is 0.923 bits per heavy atom. The molecule has 0 bridgehead atoms. The first kappa shape index (κ1) is 14.1. The fourth-order valence-electron chi connectivity index (χ4n) is 4.60. The summed E-state index contributed by atoms with van der Waals surface area (Å²) in [5.41, 5.74) is 8.54. The zero-order valence-corrected chi connectivity index (χ0v) is 14.5. The predicted octanol–water partition coefficient (Wildman–Crippen LogP) is 6.77. The van der Waals surface area contributed by atoms with E-state index in [0.717, 1.165) is 12.8 Å². The highest BCUT2D eigenvalue weighted by Gasteiger charge is 2.24. The summed E-state index contributed by atoms with van der Waals surface area (Å²) in [5.74, 6) is 0. The van der Waals surface area contributed by atoms with Crippen LogP contribution in [0.1, 0.15) is 28.7 Å². The van der Waals surface area contributed by atoms with Gasteiger partial charge in [0.05, 0.1) is 0 Å². The molecule has 0 N–H and O–H groups in total. The molecule has 6 rings (SSSR count). The SMILES string of the molecule is C1=C2C(=CC1)c1cc3ccccc3cc1Cc1cc3ccccc3cc12. The van der Waals surface area contributed by atoms with Crippen molar-refractivity contribution in [1.29, 1.82) is 0 Å². The summed E-state index contributed by atoms with van der Waals surface area (Å²) in [7, 11) is 0. The Balaban J connectivity index is 1.68. The second-order valence-electron chi connectivity index (χ2n) is 7.36. The minimum absolute atomic E-state index is 0.995. The van der Waals surface area contributed by atoms with Crippen molar-refractivity contribution in [2.24, 2.45) is 0 Å². The molecular weight excluding hydrogens is 312 g/mol. The molecule has 2 aliphatic carbocycles. The second-order valence-corrected chi connectivity index (χ2v) is 7.36. The van der Waals surface area contributed by atoms with Crippen molar-refractivity contribution in [2.45, 2.75) is 12.8 Å². The molecule has 0 amide bonds. The van der Waals surface area contributed by atoms with Crippen molar-refractivity contribution in [1.82, 2.24) is 0 Å². The molecule has 0 aromatic heterocycles. The van der Waals surface area contributed by atoms with E-state index in [1.807, 2.05) is 0 Å². The van der Waals surface area contributed by atoms with E-state index in [-0.39, 0.29) is 0 Å². The van der Waals surface area contributed by atoms with Crippen LogP contribution < -0.4 is 0 Å². The summed E-state index contributed by atoms with van der Waals surface area (Å²) < 4.78 is 0. The minimum Gasteiger partial charge on any atom is -0.0722 e. The Bertz CT molecular complexity index is 1170. The normalized spacial score (nSPS) is 15.1. The van der Waals surface area contributed by atoms with Gasteiger partial charge >= 0.3 is 0 Å². The van der Waals surface area contributed by atoms with Gasteiger partial charge in [0.25, 0.3) is 0 Å². The molecule has 0 saturated heterocycles. The van der Waals surface area contributed by atoms with E-state index in [9.17, 15) is 0 Å². The molecule has 26 heavy (non-hydrogen) atoms. The lowest BCUT2D eigenvalue weighted by molar-refractivity contribution is 1.20. The number of allylic oxidation sites excluding steroid dienone is 4. The second kappa shape index (κ2) is 5.19. The summed E-state index contributed by atoms with van der Waals surface area (Å²) in [5, 5.41) is 5.32. The Labute approximate surface area is 153 Å². The van der Waals surface area contributed by atoms with Gasteiger partial charge < -0.3 is 0 Å². The lowest BCUT2D eigenvalue weighted by Gasteiger charge is -2.11. The molecule has 0 fully saturated rings. The van der Waals surface area contributed by atoms with E-state index >= 15 is 0 Å². The zero-order valence-electron chi connectivity index (χ0n) is 14.5. The maximum absolute atomic E-state index is 2.40. The number of rotatable bonds is 0. The average Bonchev–Trinajstić information content (AvgIpc) is 3.12. The molecule has 122 valence electrons. The molecule has 0 radical (unpaired) electrons. The quantitative estimate of drug-likeness (QED) is 0.334. The lowest BCUT2D eigenvalue weighted by atomic mass is 9.92. The fourth-order valence-corrected chi connectivity index (χ4v) is 4.60. The third-order valence-electron chi connectivity index (χ3n) is 5.84. The maximum Gasteiger partial charge on any atom is -0.00130 e. The van der Waals surface area contributed by atoms with E-state index in [0.29, 0.717) is 0 Å². The van der Waals surface area contributed by atoms with Crippen molar-refractivity contribution in [2.75, 3.05) is 0 Å². The molecule has 0 heterocycles. The van der Waals surface area contributed by atoms with Gasteiger partial charge in [-0.15, -0.1) is 0 Å². The van der Waals surface area contributed by atoms with Crippen LogP contribution in [0.2, 0.25) is 0 Å². The van der Waals surface area contributed by atoms with E-state index < -0.39 is 0 Å². The molecule has 0 heteroatoms. The van der Waals surface area contributed by atoms with Crippen molar-refractivity contribution < 1.29 is 0 Å². The molecular formula is C26H18. The van der Waals surface area contributed by atoms with Gasteiger partial charge in [0.2, 0.25) is 0 Å². The van der Waals surface area contributed by atoms with Gasteiger partial charge in [-0.25, -0.2) is 0 Å². The van der Waals surface area contributed by atoms with Crippen LogP contribution in [0.25, 0.3) is 32.7 Å². The third kappa shape index (κ3) is 1.96. The topological polar surface area (TPSA) is 0 Å². The van der Waals surface area contributed by atoms with E-state index in [2.05, 4.69) is 84.9 Å². The molecule has 0 unspecified atom stereocenters. The minimum atomic E-state index is 0.995. The molecule has 0 saturated carbocycles. The number of fused-ring (bicyclic) bond motifs is 7. The van der Waals surface area contributed by atoms with E-state index in [4.69, 9.17) is 0 Å². The van der Waals surface area contributed by atoms with Crippen LogP contribution in [-0.4, -0.2) is 0 Å². The third-order valence-corrected chi connectivity index (χ3v) is 5.84. The van der Waals surface area contributed by atoms with Gasteiger partial charge in [-0.3, -0.25) is 0 Å². The molecule has 4 aromatic carbocycles. The van der Waals surface area contributed by atoms with Gasteiger partial charge in [0.15, 0.2) is 0 Å². The Hall–Kier alpha value is -3.12. The first-order chi connectivity index (χ1) is 12.9. The summed E-state index contributed by atoms with van der Waals surface area (Å²) in [6.07, 6.45) is 6.82. The highest BCUT2D eigenvalue weighted by molar-refractivity contribution is 6.11. The lowest BCUT2D eigenvalue weighted by Crippen LogP contribution is -1.93. The van der Waals surface area contributed by atoms with Crippen LogP contribution in [-0.2, 0) is 6.42 Å². The van der Waals surface area contributed by atoms with E-state index in [1.165, 1.54) is 54.9 Å². The predicted molar refractivity (Wildman–Crippen MR) is 111 cm³/mol. The summed E-state index contributed by atoms with van der Waals surface area (Å²) >= 11 is 0. The van der Waals surface area contributed by atoms with Crippen LogP contribution in [0.15, 0.2) is 84.9 Å². The standard InChI is InChI=1S/C26H18/c1-3-8-19-15-25-21(12-17(19)6-1)14-22-13-18-7-2-4-9-20(18)16-26(22)24-11-5-10-23(24)25/h1-4,6-13,15-16H,5,14H2. The van der Waals surface area contributed by atoms with Gasteiger partial charge in [-0.2, -0.15) is 0 Å². The molecule has 4 aromatic rings. The number of benzene rings is 4. The monoisotopic (exact) mass is 330 g/mol. The van der Waals surface area contributed by atoms with Gasteiger partial charge in [-0.05, 0) is 79.9 Å². The Kier molecular flexibility index (Phi) is 2.81. The highest BCUT2D eigenvalue weighted by atomic mass is 14.3. The molecule has 0 aliphatic heterocycles. The number of hydrogen-bond acceptors (Lipinski definition) is 0. The van der Waals surface area contributed by atoms with Crippen LogP contribution in [0.5, 0.6) is 0 Å². The van der Waals surface area contributed by atoms with Gasteiger partial charge in [0, 0.05) is 0 Å². The highest BCUT2D eigenvalue weighted by Crippen LogP contribution is 2.44. The van der Waals surface area contributed by atoms with Gasteiger partial charge in [0.1, 0.15) is 0 Å². The average molecular weight is 330 g/mol. The van der Waals surface area contributed by atoms with Crippen LogP contribution >= 0.6 is 0 Å². The van der Waals surface area contributed by atoms with Crippen LogP contribution in [0, 0.1) is 0 Å². The summed E-state index contributed by atoms with van der Waals surface area (Å²) in [6.45, 7) is 0. The van der Waals surface area contributed by atoms with Crippen molar-refractivity contribution in [3.05, 3.63) is 107 Å². The van der Waals surface area contributed by atoms with Crippen molar-refractivity contribution in [3.63, 3.8) is 0 Å². The van der Waals surface area contributed by atoms with Crippen molar-refractivity contribution in [3.8, 4) is 0 Å². The number of hydrogen-bond donors (Lipinski definition) is 0. The first-order valence-electron chi connectivity index (χ1n) is 9.32. The molecule has 0 spiro atoms. The maximum atomic E-state index is 2.40. The molecule has 0 atom stereocenters.